The SMILES string of the molecule is CCC(N)Cn1c(C(C)(C)C)nc2cc(F)c(F)cc21. The normalized spacial score (nSPS) is 13.9. The van der Waals surface area contributed by atoms with Gasteiger partial charge in [0.15, 0.2) is 11.6 Å². The molecule has 1 heterocycles. The zero-order chi connectivity index (χ0) is 15.1. The first-order valence-corrected chi connectivity index (χ1v) is 6.85. The number of halogens is 2. The molecule has 0 aliphatic heterocycles. The van der Waals surface area contributed by atoms with E-state index < -0.39 is 11.6 Å². The van der Waals surface area contributed by atoms with Crippen molar-refractivity contribution in [3.8, 4) is 0 Å². The first-order chi connectivity index (χ1) is 9.24. The van der Waals surface area contributed by atoms with Gasteiger partial charge in [0.2, 0.25) is 0 Å². The highest BCUT2D eigenvalue weighted by atomic mass is 19.2. The maximum absolute atomic E-state index is 13.5. The minimum atomic E-state index is -0.873. The van der Waals surface area contributed by atoms with Crippen LogP contribution in [0.2, 0.25) is 0 Å². The predicted molar refractivity (Wildman–Crippen MR) is 76.6 cm³/mol. The minimum Gasteiger partial charge on any atom is -0.326 e. The third-order valence-corrected chi connectivity index (χ3v) is 3.40. The molecule has 0 saturated carbocycles. The van der Waals surface area contributed by atoms with Crippen LogP contribution in [0.1, 0.15) is 39.9 Å². The van der Waals surface area contributed by atoms with Gasteiger partial charge in [0, 0.05) is 30.1 Å². The molecule has 5 heteroatoms. The summed E-state index contributed by atoms with van der Waals surface area (Å²) < 4.78 is 28.8. The molecule has 1 aromatic carbocycles. The van der Waals surface area contributed by atoms with Crippen LogP contribution in [0.3, 0.4) is 0 Å². The van der Waals surface area contributed by atoms with E-state index in [2.05, 4.69) is 4.98 Å². The van der Waals surface area contributed by atoms with Crippen molar-refractivity contribution in [2.45, 2.75) is 52.1 Å². The summed E-state index contributed by atoms with van der Waals surface area (Å²) in [6.45, 7) is 8.62. The van der Waals surface area contributed by atoms with Crippen LogP contribution in [0.25, 0.3) is 11.0 Å². The number of rotatable bonds is 3. The van der Waals surface area contributed by atoms with Crippen LogP contribution in [0.4, 0.5) is 8.78 Å². The number of nitrogens with zero attached hydrogens (tertiary/aromatic N) is 2. The molecule has 0 radical (unpaired) electrons. The maximum Gasteiger partial charge on any atom is 0.161 e. The fraction of sp³-hybridized carbons (Fsp3) is 0.533. The Morgan fingerprint density at radius 3 is 2.40 bits per heavy atom. The fourth-order valence-electron chi connectivity index (χ4n) is 2.24. The molecule has 1 atom stereocenters. The lowest BCUT2D eigenvalue weighted by Crippen LogP contribution is -2.28. The number of fused-ring (bicyclic) bond motifs is 1. The highest BCUT2D eigenvalue weighted by molar-refractivity contribution is 5.76. The lowest BCUT2D eigenvalue weighted by molar-refractivity contribution is 0.468. The fourth-order valence-corrected chi connectivity index (χ4v) is 2.24. The Hall–Kier alpha value is -1.49. The molecule has 0 aliphatic rings. The summed E-state index contributed by atoms with van der Waals surface area (Å²) in [6, 6.07) is 2.31. The molecule has 20 heavy (non-hydrogen) atoms. The molecule has 0 amide bonds. The molecule has 3 nitrogen and oxygen atoms in total. The summed E-state index contributed by atoms with van der Waals surface area (Å²) in [7, 11) is 0. The van der Waals surface area contributed by atoms with E-state index in [1.807, 2.05) is 32.3 Å². The van der Waals surface area contributed by atoms with Crippen LogP contribution in [0.5, 0.6) is 0 Å². The number of aromatic nitrogens is 2. The number of hydrogen-bond donors (Lipinski definition) is 1. The summed E-state index contributed by atoms with van der Waals surface area (Å²) in [4.78, 5) is 4.47. The van der Waals surface area contributed by atoms with Gasteiger partial charge in [-0.15, -0.1) is 0 Å². The van der Waals surface area contributed by atoms with Crippen LogP contribution >= 0.6 is 0 Å². The lowest BCUT2D eigenvalue weighted by atomic mass is 9.95. The van der Waals surface area contributed by atoms with Crippen molar-refractivity contribution in [1.29, 1.82) is 0 Å². The van der Waals surface area contributed by atoms with E-state index in [0.29, 0.717) is 17.6 Å². The summed E-state index contributed by atoms with van der Waals surface area (Å²) in [5, 5.41) is 0. The summed E-state index contributed by atoms with van der Waals surface area (Å²) >= 11 is 0. The Kier molecular flexibility index (Phi) is 3.82. The molecule has 2 N–H and O–H groups in total. The van der Waals surface area contributed by atoms with Crippen LogP contribution in [-0.2, 0) is 12.0 Å². The van der Waals surface area contributed by atoms with Crippen LogP contribution in [0.15, 0.2) is 12.1 Å². The molecule has 0 saturated heterocycles. The number of imidazole rings is 1. The van der Waals surface area contributed by atoms with Gasteiger partial charge in [-0.1, -0.05) is 27.7 Å². The third kappa shape index (κ3) is 2.68. The van der Waals surface area contributed by atoms with E-state index in [0.717, 1.165) is 18.3 Å². The lowest BCUT2D eigenvalue weighted by Gasteiger charge is -2.22. The summed E-state index contributed by atoms with van der Waals surface area (Å²) in [5.74, 6) is -0.937. The Morgan fingerprint density at radius 2 is 1.85 bits per heavy atom. The van der Waals surface area contributed by atoms with Gasteiger partial charge in [0.05, 0.1) is 11.0 Å². The van der Waals surface area contributed by atoms with Gasteiger partial charge >= 0.3 is 0 Å². The van der Waals surface area contributed by atoms with E-state index in [1.165, 1.54) is 6.07 Å². The van der Waals surface area contributed by atoms with E-state index in [4.69, 9.17) is 5.73 Å². The van der Waals surface area contributed by atoms with Gasteiger partial charge in [0.1, 0.15) is 5.82 Å². The second kappa shape index (κ2) is 5.13. The molecule has 110 valence electrons. The Labute approximate surface area is 117 Å². The molecule has 1 unspecified atom stereocenters. The van der Waals surface area contributed by atoms with E-state index in [-0.39, 0.29) is 11.5 Å². The second-order valence-corrected chi connectivity index (χ2v) is 6.22. The van der Waals surface area contributed by atoms with Gasteiger partial charge in [-0.05, 0) is 6.42 Å². The van der Waals surface area contributed by atoms with Crippen LogP contribution in [0, 0.1) is 11.6 Å². The van der Waals surface area contributed by atoms with Gasteiger partial charge < -0.3 is 10.3 Å². The predicted octanol–water partition coefficient (Wildman–Crippen LogP) is 3.35. The van der Waals surface area contributed by atoms with Crippen molar-refractivity contribution in [1.82, 2.24) is 9.55 Å². The molecule has 0 spiro atoms. The second-order valence-electron chi connectivity index (χ2n) is 6.22. The van der Waals surface area contributed by atoms with E-state index >= 15 is 0 Å². The van der Waals surface area contributed by atoms with E-state index in [9.17, 15) is 8.78 Å². The van der Waals surface area contributed by atoms with Crippen molar-refractivity contribution < 1.29 is 8.78 Å². The van der Waals surface area contributed by atoms with Gasteiger partial charge in [-0.25, -0.2) is 13.8 Å². The quantitative estimate of drug-likeness (QED) is 0.937. The van der Waals surface area contributed by atoms with Gasteiger partial charge in [-0.3, -0.25) is 0 Å². The first-order valence-electron chi connectivity index (χ1n) is 6.85. The molecule has 2 rings (SSSR count). The monoisotopic (exact) mass is 281 g/mol. The Morgan fingerprint density at radius 1 is 1.25 bits per heavy atom. The van der Waals surface area contributed by atoms with Crippen molar-refractivity contribution in [3.05, 3.63) is 29.6 Å². The number of nitrogens with two attached hydrogens (primary N) is 1. The third-order valence-electron chi connectivity index (χ3n) is 3.40. The summed E-state index contributed by atoms with van der Waals surface area (Å²) in [5.41, 5.74) is 6.86. The van der Waals surface area contributed by atoms with Gasteiger partial charge in [-0.2, -0.15) is 0 Å². The molecule has 1 aromatic heterocycles. The molecule has 2 aromatic rings. The Bertz CT molecular complexity index is 626. The largest absolute Gasteiger partial charge is 0.326 e. The zero-order valence-electron chi connectivity index (χ0n) is 12.4. The van der Waals surface area contributed by atoms with Crippen molar-refractivity contribution in [2.75, 3.05) is 0 Å². The minimum absolute atomic E-state index is 0.0402. The van der Waals surface area contributed by atoms with Crippen LogP contribution < -0.4 is 5.73 Å². The van der Waals surface area contributed by atoms with Crippen molar-refractivity contribution in [2.24, 2.45) is 5.73 Å². The average Bonchev–Trinajstić information content (AvgIpc) is 2.68. The smallest absolute Gasteiger partial charge is 0.161 e. The molecular formula is C15H21F2N3. The highest BCUT2D eigenvalue weighted by Crippen LogP contribution is 2.28. The van der Waals surface area contributed by atoms with Crippen LogP contribution in [-0.4, -0.2) is 15.6 Å². The molecule has 0 bridgehead atoms. The van der Waals surface area contributed by atoms with Crippen molar-refractivity contribution >= 4 is 11.0 Å². The van der Waals surface area contributed by atoms with Gasteiger partial charge in [0.25, 0.3) is 0 Å². The topological polar surface area (TPSA) is 43.8 Å². The zero-order valence-corrected chi connectivity index (χ0v) is 12.4. The molecule has 0 aliphatic carbocycles. The number of benzene rings is 1. The van der Waals surface area contributed by atoms with E-state index in [1.54, 1.807) is 0 Å². The standard InChI is InChI=1S/C15H21F2N3/c1-5-9(18)8-20-13-7-11(17)10(16)6-12(13)19-14(20)15(2,3)4/h6-7,9H,5,8,18H2,1-4H3. The average molecular weight is 281 g/mol. The number of hydrogen-bond acceptors (Lipinski definition) is 2. The summed E-state index contributed by atoms with van der Waals surface area (Å²) in [6.07, 6.45) is 0.812. The molecular weight excluding hydrogens is 260 g/mol. The first kappa shape index (κ1) is 14.9. The Balaban J connectivity index is 2.68. The molecule has 0 fully saturated rings. The maximum atomic E-state index is 13.5. The van der Waals surface area contributed by atoms with Crippen molar-refractivity contribution in [3.63, 3.8) is 0 Å². The highest BCUT2D eigenvalue weighted by Gasteiger charge is 2.24.